The molecule has 1 saturated carbocycles. The van der Waals surface area contributed by atoms with Crippen molar-refractivity contribution in [3.63, 3.8) is 0 Å². The first-order valence-corrected chi connectivity index (χ1v) is 14.9. The predicted octanol–water partition coefficient (Wildman–Crippen LogP) is 4.44. The molecule has 3 heterocycles. The van der Waals surface area contributed by atoms with Gasteiger partial charge >= 0.3 is 6.09 Å². The van der Waals surface area contributed by atoms with Crippen molar-refractivity contribution < 1.29 is 28.2 Å². The molecular weight excluding hydrogens is 541 g/mol. The van der Waals surface area contributed by atoms with Crippen molar-refractivity contribution in [2.45, 2.75) is 77.0 Å². The number of aromatic nitrogens is 2. The van der Waals surface area contributed by atoms with E-state index in [1.54, 1.807) is 11.0 Å². The number of nitrogens with zero attached hydrogens (tertiary/aromatic N) is 4. The van der Waals surface area contributed by atoms with Crippen LogP contribution in [0, 0.1) is 11.7 Å². The lowest BCUT2D eigenvalue weighted by molar-refractivity contribution is 0.0142. The number of hydrogen-bond donors (Lipinski definition) is 1. The summed E-state index contributed by atoms with van der Waals surface area (Å²) in [7, 11) is 0. The van der Waals surface area contributed by atoms with Crippen LogP contribution >= 0.6 is 0 Å². The molecule has 2 saturated heterocycles. The van der Waals surface area contributed by atoms with Gasteiger partial charge in [-0.1, -0.05) is 6.07 Å². The minimum absolute atomic E-state index is 0.0163. The van der Waals surface area contributed by atoms with Gasteiger partial charge in [-0.2, -0.15) is 0 Å². The molecule has 0 atom stereocenters. The first-order chi connectivity index (χ1) is 20.1. The maximum Gasteiger partial charge on any atom is 0.410 e. The zero-order valence-corrected chi connectivity index (χ0v) is 24.6. The summed E-state index contributed by atoms with van der Waals surface area (Å²) in [6.07, 6.45) is 7.63. The highest BCUT2D eigenvalue weighted by Gasteiger charge is 2.40. The Kier molecular flexibility index (Phi) is 9.05. The number of halogens is 1. The Morgan fingerprint density at radius 1 is 1.02 bits per heavy atom. The van der Waals surface area contributed by atoms with E-state index >= 15 is 0 Å². The highest BCUT2D eigenvalue weighted by molar-refractivity contribution is 5.95. The van der Waals surface area contributed by atoms with Crippen LogP contribution in [0.2, 0.25) is 0 Å². The van der Waals surface area contributed by atoms with Crippen molar-refractivity contribution in [2.24, 2.45) is 5.92 Å². The maximum atomic E-state index is 14.9. The quantitative estimate of drug-likeness (QED) is 0.514. The number of hydrogen-bond acceptors (Lipinski definition) is 7. The molecule has 0 unspecified atom stereocenters. The summed E-state index contributed by atoms with van der Waals surface area (Å²) in [5, 5.41) is 2.82. The third-order valence-electron chi connectivity index (χ3n) is 7.95. The van der Waals surface area contributed by atoms with E-state index in [-0.39, 0.29) is 35.5 Å². The summed E-state index contributed by atoms with van der Waals surface area (Å²) in [6, 6.07) is 4.48. The van der Waals surface area contributed by atoms with E-state index in [0.29, 0.717) is 62.7 Å². The van der Waals surface area contributed by atoms with Gasteiger partial charge < -0.3 is 24.6 Å². The second kappa shape index (κ2) is 12.7. The zero-order valence-electron chi connectivity index (χ0n) is 24.6. The average molecular weight is 582 g/mol. The lowest BCUT2D eigenvalue weighted by Crippen LogP contribution is -2.50. The number of carbonyl (C=O) groups excluding carboxylic acids is 3. The average Bonchev–Trinajstić information content (AvgIpc) is 3.81. The molecule has 2 aromatic rings. The van der Waals surface area contributed by atoms with Gasteiger partial charge in [0.05, 0.1) is 11.1 Å². The minimum atomic E-state index is -0.654. The molecule has 3 fully saturated rings. The standard InChI is InChI=1S/C31H40FN5O5/c1-31(2,3)42-30(40)36-12-8-24(9-13-36)37(23-5-6-23)29(39)22-18-33-27(34-19-22)21-4-7-25(26(32)16-21)28(38)35-17-20-10-14-41-15-11-20/h4,7,16,18-20,23-24H,5-6,8-15,17H2,1-3H3,(H,35,38). The summed E-state index contributed by atoms with van der Waals surface area (Å²) in [5.74, 6) is -0.644. The van der Waals surface area contributed by atoms with Crippen molar-refractivity contribution in [1.29, 1.82) is 0 Å². The van der Waals surface area contributed by atoms with Gasteiger partial charge in [0, 0.05) is 62.9 Å². The summed E-state index contributed by atoms with van der Waals surface area (Å²) in [6.45, 7) is 8.45. The fourth-order valence-electron chi connectivity index (χ4n) is 5.49. The molecule has 42 heavy (non-hydrogen) atoms. The normalized spacial score (nSPS) is 18.4. The fraction of sp³-hybridized carbons (Fsp3) is 0.581. The van der Waals surface area contributed by atoms with Gasteiger partial charge in [-0.05, 0) is 77.3 Å². The van der Waals surface area contributed by atoms with E-state index in [4.69, 9.17) is 9.47 Å². The van der Waals surface area contributed by atoms with E-state index in [0.717, 1.165) is 25.7 Å². The van der Waals surface area contributed by atoms with Crippen molar-refractivity contribution in [3.05, 3.63) is 47.5 Å². The van der Waals surface area contributed by atoms with E-state index in [1.807, 2.05) is 25.7 Å². The molecule has 3 amide bonds. The van der Waals surface area contributed by atoms with Crippen LogP contribution in [-0.4, -0.2) is 88.2 Å². The summed E-state index contributed by atoms with van der Waals surface area (Å²) in [4.78, 5) is 50.9. The molecule has 2 aliphatic heterocycles. The monoisotopic (exact) mass is 581 g/mol. The Labute approximate surface area is 246 Å². The third-order valence-corrected chi connectivity index (χ3v) is 7.95. The zero-order chi connectivity index (χ0) is 29.9. The largest absolute Gasteiger partial charge is 0.444 e. The molecule has 1 aliphatic carbocycles. The molecule has 0 spiro atoms. The predicted molar refractivity (Wildman–Crippen MR) is 153 cm³/mol. The van der Waals surface area contributed by atoms with Gasteiger partial charge in [0.2, 0.25) is 0 Å². The first-order valence-electron chi connectivity index (χ1n) is 14.9. The highest BCUT2D eigenvalue weighted by atomic mass is 19.1. The Morgan fingerprint density at radius 2 is 1.67 bits per heavy atom. The lowest BCUT2D eigenvalue weighted by Gasteiger charge is -2.39. The van der Waals surface area contributed by atoms with Crippen molar-refractivity contribution >= 4 is 17.9 Å². The number of benzene rings is 1. The van der Waals surface area contributed by atoms with Gasteiger partial charge in [-0.3, -0.25) is 9.59 Å². The van der Waals surface area contributed by atoms with Gasteiger partial charge in [0.25, 0.3) is 11.8 Å². The Hall–Kier alpha value is -3.60. The SMILES string of the molecule is CC(C)(C)OC(=O)N1CCC(N(C(=O)c2cnc(-c3ccc(C(=O)NCC4CCOCC4)c(F)c3)nc2)C2CC2)CC1. The van der Waals surface area contributed by atoms with Crippen LogP contribution < -0.4 is 5.32 Å². The minimum Gasteiger partial charge on any atom is -0.444 e. The summed E-state index contributed by atoms with van der Waals surface area (Å²) in [5.41, 5.74) is 0.199. The number of piperidine rings is 1. The molecule has 0 radical (unpaired) electrons. The topological polar surface area (TPSA) is 114 Å². The number of ether oxygens (including phenoxy) is 2. The Balaban J connectivity index is 1.19. The van der Waals surface area contributed by atoms with Gasteiger partial charge in [0.15, 0.2) is 5.82 Å². The van der Waals surface area contributed by atoms with Crippen LogP contribution in [0.3, 0.4) is 0 Å². The first kappa shape index (κ1) is 29.9. The molecule has 10 nitrogen and oxygen atoms in total. The van der Waals surface area contributed by atoms with Crippen LogP contribution in [0.1, 0.15) is 80.0 Å². The molecule has 0 bridgehead atoms. The summed E-state index contributed by atoms with van der Waals surface area (Å²) >= 11 is 0. The third kappa shape index (κ3) is 7.42. The van der Waals surface area contributed by atoms with Gasteiger partial charge in [-0.25, -0.2) is 19.2 Å². The van der Waals surface area contributed by atoms with E-state index in [2.05, 4.69) is 15.3 Å². The molecule has 1 N–H and O–H groups in total. The molecule has 3 aliphatic rings. The number of nitrogens with one attached hydrogen (secondary N) is 1. The van der Waals surface area contributed by atoms with Crippen LogP contribution in [0.4, 0.5) is 9.18 Å². The Morgan fingerprint density at radius 3 is 2.26 bits per heavy atom. The van der Waals surface area contributed by atoms with Crippen molar-refractivity contribution in [3.8, 4) is 11.4 Å². The molecule has 1 aromatic carbocycles. The fourth-order valence-corrected chi connectivity index (χ4v) is 5.49. The van der Waals surface area contributed by atoms with Gasteiger partial charge in [0.1, 0.15) is 11.4 Å². The molecule has 11 heteroatoms. The van der Waals surface area contributed by atoms with Crippen LogP contribution in [-0.2, 0) is 9.47 Å². The van der Waals surface area contributed by atoms with E-state index in [1.165, 1.54) is 24.5 Å². The second-order valence-corrected chi connectivity index (χ2v) is 12.4. The van der Waals surface area contributed by atoms with Crippen LogP contribution in [0.25, 0.3) is 11.4 Å². The van der Waals surface area contributed by atoms with E-state index in [9.17, 15) is 18.8 Å². The Bertz CT molecular complexity index is 1280. The van der Waals surface area contributed by atoms with Crippen LogP contribution in [0.15, 0.2) is 30.6 Å². The summed E-state index contributed by atoms with van der Waals surface area (Å²) < 4.78 is 25.7. The number of rotatable bonds is 7. The lowest BCUT2D eigenvalue weighted by atomic mass is 10.0. The maximum absolute atomic E-state index is 14.9. The molecule has 5 rings (SSSR count). The number of carbonyl (C=O) groups is 3. The second-order valence-electron chi connectivity index (χ2n) is 12.4. The smallest absolute Gasteiger partial charge is 0.410 e. The number of amides is 3. The highest BCUT2D eigenvalue weighted by Crippen LogP contribution is 2.33. The van der Waals surface area contributed by atoms with Gasteiger partial charge in [-0.15, -0.1) is 0 Å². The number of likely N-dealkylation sites (tertiary alicyclic amines) is 1. The molecule has 226 valence electrons. The van der Waals surface area contributed by atoms with Crippen molar-refractivity contribution in [1.82, 2.24) is 25.1 Å². The van der Waals surface area contributed by atoms with Crippen molar-refractivity contribution in [2.75, 3.05) is 32.8 Å². The van der Waals surface area contributed by atoms with E-state index < -0.39 is 17.3 Å². The van der Waals surface area contributed by atoms with Crippen LogP contribution in [0.5, 0.6) is 0 Å². The molecule has 1 aromatic heterocycles. The molecular formula is C31H40FN5O5.